The molecule has 0 heterocycles. The monoisotopic (exact) mass is 223 g/mol. The Morgan fingerprint density at radius 1 is 1.46 bits per heavy atom. The number of hydrogen-bond acceptors (Lipinski definition) is 4. The first-order valence-corrected chi connectivity index (χ1v) is 5.64. The van der Waals surface area contributed by atoms with Crippen LogP contribution in [0.2, 0.25) is 0 Å². The third kappa shape index (κ3) is 1.59. The predicted molar refractivity (Wildman–Crippen MR) is 47.4 cm³/mol. The molecule has 1 rings (SSSR count). The van der Waals surface area contributed by atoms with E-state index in [-0.39, 0.29) is 6.42 Å². The molecule has 0 aromatic carbocycles. The van der Waals surface area contributed by atoms with Crippen LogP contribution in [-0.2, 0) is 9.05 Å². The lowest BCUT2D eigenvalue weighted by Gasteiger charge is -2.18. The molecule has 0 aromatic heterocycles. The highest BCUT2D eigenvalue weighted by atomic mass is 35.7. The second kappa shape index (κ2) is 3.12. The second-order valence-corrected chi connectivity index (χ2v) is 5.33. The molecule has 0 fully saturated rings. The van der Waals surface area contributed by atoms with E-state index < -0.39 is 18.8 Å². The maximum absolute atomic E-state index is 11.0. The van der Waals surface area contributed by atoms with E-state index in [1.54, 1.807) is 0 Å². The van der Waals surface area contributed by atoms with Gasteiger partial charge in [-0.05, 0) is 0 Å². The predicted octanol–water partition coefficient (Wildman–Crippen LogP) is 1.04. The van der Waals surface area contributed by atoms with Crippen LogP contribution in [0.5, 0.6) is 0 Å². The first-order valence-electron chi connectivity index (χ1n) is 3.33. The van der Waals surface area contributed by atoms with Crippen molar-refractivity contribution in [2.45, 2.75) is 11.3 Å². The minimum atomic E-state index is -4.25. The number of halogens is 1. The Kier molecular flexibility index (Phi) is 2.44. The Hall–Kier alpha value is -0.880. The van der Waals surface area contributed by atoms with E-state index >= 15 is 0 Å². The van der Waals surface area contributed by atoms with Crippen LogP contribution in [0, 0.1) is 10.1 Å². The average molecular weight is 224 g/mol. The number of allylic oxidation sites excluding steroid dienone is 2. The van der Waals surface area contributed by atoms with E-state index in [2.05, 4.69) is 0 Å². The van der Waals surface area contributed by atoms with Gasteiger partial charge in [-0.15, -0.1) is 0 Å². The molecule has 0 aromatic rings. The summed E-state index contributed by atoms with van der Waals surface area (Å²) in [5.74, 6) is 0. The molecule has 0 bridgehead atoms. The van der Waals surface area contributed by atoms with Gasteiger partial charge in [-0.3, -0.25) is 10.1 Å². The zero-order valence-electron chi connectivity index (χ0n) is 6.38. The summed E-state index contributed by atoms with van der Waals surface area (Å²) in [5.41, 5.74) is 0. The van der Waals surface area contributed by atoms with Gasteiger partial charge in [0.1, 0.15) is 0 Å². The Morgan fingerprint density at radius 3 is 2.31 bits per heavy atom. The molecule has 13 heavy (non-hydrogen) atoms. The highest BCUT2D eigenvalue weighted by Crippen LogP contribution is 2.30. The Bertz CT molecular complexity index is 385. The minimum Gasteiger partial charge on any atom is -0.262 e. The Labute approximate surface area is 79.3 Å². The molecule has 5 nitrogen and oxygen atoms in total. The van der Waals surface area contributed by atoms with Gasteiger partial charge in [0.15, 0.2) is 0 Å². The van der Waals surface area contributed by atoms with Gasteiger partial charge in [-0.2, -0.15) is 0 Å². The third-order valence-electron chi connectivity index (χ3n) is 1.75. The first-order chi connectivity index (χ1) is 5.90. The standard InChI is InChI=1S/C6H6ClNO4S/c7-13(11,12)6(8(9)10)4-2-1-3-5-6/h1-4H,5H2. The van der Waals surface area contributed by atoms with E-state index in [1.165, 1.54) is 18.2 Å². The van der Waals surface area contributed by atoms with Crippen LogP contribution in [0.4, 0.5) is 0 Å². The molecule has 0 amide bonds. The molecular weight excluding hydrogens is 218 g/mol. The quantitative estimate of drug-likeness (QED) is 0.398. The van der Waals surface area contributed by atoms with Crippen LogP contribution in [0.15, 0.2) is 24.3 Å². The van der Waals surface area contributed by atoms with Crippen molar-refractivity contribution in [3.8, 4) is 0 Å². The molecule has 0 spiro atoms. The fraction of sp³-hybridized carbons (Fsp3) is 0.333. The van der Waals surface area contributed by atoms with Gasteiger partial charge in [0.25, 0.3) is 0 Å². The third-order valence-corrected chi connectivity index (χ3v) is 3.84. The van der Waals surface area contributed by atoms with Crippen molar-refractivity contribution in [3.05, 3.63) is 34.4 Å². The highest BCUT2D eigenvalue weighted by Gasteiger charge is 2.52. The second-order valence-electron chi connectivity index (χ2n) is 2.53. The molecular formula is C6H6ClNO4S. The summed E-state index contributed by atoms with van der Waals surface area (Å²) in [7, 11) is 0.757. The van der Waals surface area contributed by atoms with E-state index in [9.17, 15) is 18.5 Å². The van der Waals surface area contributed by atoms with Gasteiger partial charge in [-0.1, -0.05) is 18.2 Å². The van der Waals surface area contributed by atoms with Crippen molar-refractivity contribution < 1.29 is 13.3 Å². The summed E-state index contributed by atoms with van der Waals surface area (Å²) in [6.07, 6.45) is 4.97. The normalized spacial score (nSPS) is 27.5. The summed E-state index contributed by atoms with van der Waals surface area (Å²) in [6, 6.07) is 0. The van der Waals surface area contributed by atoms with Crippen molar-refractivity contribution in [2.75, 3.05) is 0 Å². The van der Waals surface area contributed by atoms with Gasteiger partial charge < -0.3 is 0 Å². The first kappa shape index (κ1) is 10.2. The van der Waals surface area contributed by atoms with Crippen LogP contribution < -0.4 is 0 Å². The average Bonchev–Trinajstić information content (AvgIpc) is 2.03. The van der Waals surface area contributed by atoms with Crippen LogP contribution in [-0.4, -0.2) is 18.2 Å². The largest absolute Gasteiger partial charge is 0.354 e. The maximum atomic E-state index is 11.0. The molecule has 0 aliphatic heterocycles. The molecule has 0 N–H and O–H groups in total. The number of nitro groups is 1. The van der Waals surface area contributed by atoms with Gasteiger partial charge in [0.05, 0.1) is 6.42 Å². The summed E-state index contributed by atoms with van der Waals surface area (Å²) in [5, 5.41) is 10.6. The topological polar surface area (TPSA) is 77.3 Å². The lowest BCUT2D eigenvalue weighted by atomic mass is 10.1. The zero-order valence-corrected chi connectivity index (χ0v) is 7.96. The summed E-state index contributed by atoms with van der Waals surface area (Å²) in [6.45, 7) is 0. The fourth-order valence-corrected chi connectivity index (χ4v) is 2.22. The summed E-state index contributed by atoms with van der Waals surface area (Å²) >= 11 is 0. The fourth-order valence-electron chi connectivity index (χ4n) is 0.995. The van der Waals surface area contributed by atoms with E-state index in [0.29, 0.717) is 0 Å². The maximum Gasteiger partial charge on any atom is 0.354 e. The molecule has 1 unspecified atom stereocenters. The van der Waals surface area contributed by atoms with E-state index in [1.807, 2.05) is 0 Å². The van der Waals surface area contributed by atoms with Crippen LogP contribution in [0.1, 0.15) is 6.42 Å². The molecule has 1 aliphatic carbocycles. The number of rotatable bonds is 2. The van der Waals surface area contributed by atoms with Crippen LogP contribution in [0.25, 0.3) is 0 Å². The smallest absolute Gasteiger partial charge is 0.262 e. The van der Waals surface area contributed by atoms with Gasteiger partial charge in [0.2, 0.25) is 0 Å². The van der Waals surface area contributed by atoms with Crippen molar-refractivity contribution in [1.82, 2.24) is 0 Å². The molecule has 1 aliphatic rings. The van der Waals surface area contributed by atoms with E-state index in [0.717, 1.165) is 6.08 Å². The van der Waals surface area contributed by atoms with E-state index in [4.69, 9.17) is 10.7 Å². The molecule has 0 saturated heterocycles. The lowest BCUT2D eigenvalue weighted by molar-refractivity contribution is -0.525. The molecule has 1 atom stereocenters. The Balaban J connectivity index is 3.27. The summed E-state index contributed by atoms with van der Waals surface area (Å²) in [4.78, 5) is 7.50. The van der Waals surface area contributed by atoms with Crippen molar-refractivity contribution >= 4 is 19.7 Å². The molecule has 0 saturated carbocycles. The molecule has 0 radical (unpaired) electrons. The Morgan fingerprint density at radius 2 is 2.08 bits per heavy atom. The highest BCUT2D eigenvalue weighted by molar-refractivity contribution is 8.14. The molecule has 72 valence electrons. The SMILES string of the molecule is O=[N+]([O-])C1(S(=O)(=O)Cl)C=CC=CC1. The van der Waals surface area contributed by atoms with Gasteiger partial charge in [0, 0.05) is 21.7 Å². The van der Waals surface area contributed by atoms with Gasteiger partial charge in [-0.25, -0.2) is 8.42 Å². The van der Waals surface area contributed by atoms with Crippen LogP contribution in [0.3, 0.4) is 0 Å². The lowest BCUT2D eigenvalue weighted by Crippen LogP contribution is -2.42. The van der Waals surface area contributed by atoms with Crippen molar-refractivity contribution in [2.24, 2.45) is 0 Å². The minimum absolute atomic E-state index is 0.234. The van der Waals surface area contributed by atoms with Crippen LogP contribution >= 0.6 is 10.7 Å². The number of hydrogen-bond donors (Lipinski definition) is 0. The molecule has 7 heteroatoms. The van der Waals surface area contributed by atoms with Crippen molar-refractivity contribution in [1.29, 1.82) is 0 Å². The van der Waals surface area contributed by atoms with Crippen molar-refractivity contribution in [3.63, 3.8) is 0 Å². The van der Waals surface area contributed by atoms with Gasteiger partial charge >= 0.3 is 13.9 Å². The summed E-state index contributed by atoms with van der Waals surface area (Å²) < 4.78 is 22.0. The number of nitrogens with zero attached hydrogens (tertiary/aromatic N) is 1. The zero-order chi connectivity index (χ0) is 10.1.